The van der Waals surface area contributed by atoms with E-state index in [4.69, 9.17) is 0 Å². The van der Waals surface area contributed by atoms with E-state index in [0.29, 0.717) is 13.1 Å². The molecule has 0 spiro atoms. The summed E-state index contributed by atoms with van der Waals surface area (Å²) in [4.78, 5) is 3.77. The van der Waals surface area contributed by atoms with Gasteiger partial charge in [0.1, 0.15) is 5.82 Å². The molecule has 0 atom stereocenters. The molecule has 0 amide bonds. The monoisotopic (exact) mass is 348 g/mol. The van der Waals surface area contributed by atoms with Crippen LogP contribution in [0.2, 0.25) is 0 Å². The SMILES string of the molecule is Cc1cnn(CCNc2ncc(Br)cc2C(F)(F)F)c1. The molecular formula is C12H12BrF3N4. The van der Waals surface area contributed by atoms with Crippen LogP contribution in [0.15, 0.2) is 29.1 Å². The van der Waals surface area contributed by atoms with Crippen molar-refractivity contribution in [3.63, 3.8) is 0 Å². The molecule has 0 aliphatic rings. The van der Waals surface area contributed by atoms with Crippen molar-refractivity contribution in [2.24, 2.45) is 0 Å². The van der Waals surface area contributed by atoms with E-state index in [-0.39, 0.29) is 10.3 Å². The van der Waals surface area contributed by atoms with Crippen molar-refractivity contribution >= 4 is 21.7 Å². The van der Waals surface area contributed by atoms with Gasteiger partial charge in [-0.3, -0.25) is 4.68 Å². The molecule has 108 valence electrons. The summed E-state index contributed by atoms with van der Waals surface area (Å²) in [5, 5.41) is 6.75. The number of halogens is 4. The van der Waals surface area contributed by atoms with Crippen molar-refractivity contribution in [2.75, 3.05) is 11.9 Å². The quantitative estimate of drug-likeness (QED) is 0.919. The normalized spacial score (nSPS) is 11.7. The Morgan fingerprint density at radius 3 is 2.70 bits per heavy atom. The maximum atomic E-state index is 12.9. The number of hydrogen-bond acceptors (Lipinski definition) is 3. The van der Waals surface area contributed by atoms with E-state index >= 15 is 0 Å². The van der Waals surface area contributed by atoms with Crippen molar-refractivity contribution < 1.29 is 13.2 Å². The minimum absolute atomic E-state index is 0.176. The first-order valence-electron chi connectivity index (χ1n) is 5.82. The zero-order chi connectivity index (χ0) is 14.8. The van der Waals surface area contributed by atoms with Crippen LogP contribution in [-0.2, 0) is 12.7 Å². The van der Waals surface area contributed by atoms with Gasteiger partial charge < -0.3 is 5.32 Å². The number of nitrogens with one attached hydrogen (secondary N) is 1. The predicted molar refractivity (Wildman–Crippen MR) is 72.4 cm³/mol. The van der Waals surface area contributed by atoms with Gasteiger partial charge in [0.05, 0.1) is 18.3 Å². The van der Waals surface area contributed by atoms with Gasteiger partial charge in [-0.05, 0) is 34.5 Å². The van der Waals surface area contributed by atoms with Crippen molar-refractivity contribution in [1.82, 2.24) is 14.8 Å². The smallest absolute Gasteiger partial charge is 0.368 e. The van der Waals surface area contributed by atoms with E-state index in [1.807, 2.05) is 13.1 Å². The van der Waals surface area contributed by atoms with E-state index in [1.165, 1.54) is 6.20 Å². The van der Waals surface area contributed by atoms with E-state index in [2.05, 4.69) is 31.3 Å². The van der Waals surface area contributed by atoms with Gasteiger partial charge in [0.2, 0.25) is 0 Å². The molecule has 20 heavy (non-hydrogen) atoms. The lowest BCUT2D eigenvalue weighted by Crippen LogP contribution is -2.16. The molecule has 0 radical (unpaired) electrons. The van der Waals surface area contributed by atoms with E-state index in [9.17, 15) is 13.2 Å². The minimum atomic E-state index is -4.44. The number of nitrogens with zero attached hydrogens (tertiary/aromatic N) is 3. The van der Waals surface area contributed by atoms with Crippen LogP contribution in [0.3, 0.4) is 0 Å². The molecule has 0 aliphatic carbocycles. The molecule has 0 bridgehead atoms. The summed E-state index contributed by atoms with van der Waals surface area (Å²) in [5.74, 6) is -0.176. The van der Waals surface area contributed by atoms with E-state index in [0.717, 1.165) is 11.6 Å². The van der Waals surface area contributed by atoms with Crippen LogP contribution in [0, 0.1) is 6.92 Å². The zero-order valence-electron chi connectivity index (χ0n) is 10.6. The van der Waals surface area contributed by atoms with Crippen molar-refractivity contribution in [3.8, 4) is 0 Å². The van der Waals surface area contributed by atoms with Gasteiger partial charge in [0.25, 0.3) is 0 Å². The van der Waals surface area contributed by atoms with Gasteiger partial charge in [-0.15, -0.1) is 0 Å². The number of alkyl halides is 3. The average molecular weight is 349 g/mol. The maximum Gasteiger partial charge on any atom is 0.419 e. The molecule has 2 aromatic rings. The van der Waals surface area contributed by atoms with E-state index < -0.39 is 11.7 Å². The lowest BCUT2D eigenvalue weighted by molar-refractivity contribution is -0.137. The average Bonchev–Trinajstić information content (AvgIpc) is 2.76. The van der Waals surface area contributed by atoms with Crippen LogP contribution in [-0.4, -0.2) is 21.3 Å². The van der Waals surface area contributed by atoms with Gasteiger partial charge in [0.15, 0.2) is 0 Å². The third kappa shape index (κ3) is 3.72. The Morgan fingerprint density at radius 1 is 1.35 bits per heavy atom. The summed E-state index contributed by atoms with van der Waals surface area (Å²) in [6, 6.07) is 1.01. The lowest BCUT2D eigenvalue weighted by atomic mass is 10.2. The Labute approximate surface area is 122 Å². The maximum absolute atomic E-state index is 12.9. The summed E-state index contributed by atoms with van der Waals surface area (Å²) in [7, 11) is 0. The van der Waals surface area contributed by atoms with Gasteiger partial charge in [0, 0.05) is 23.4 Å². The molecule has 0 saturated heterocycles. The van der Waals surface area contributed by atoms with Gasteiger partial charge in [-0.25, -0.2) is 4.98 Å². The Kier molecular flexibility index (Phi) is 4.32. The molecule has 0 saturated carbocycles. The highest BCUT2D eigenvalue weighted by Gasteiger charge is 2.34. The number of aromatic nitrogens is 3. The molecule has 0 unspecified atom stereocenters. The topological polar surface area (TPSA) is 42.7 Å². The molecule has 2 heterocycles. The van der Waals surface area contributed by atoms with Crippen LogP contribution in [0.5, 0.6) is 0 Å². The molecule has 2 rings (SSSR count). The molecule has 8 heteroatoms. The molecule has 2 aromatic heterocycles. The third-order valence-electron chi connectivity index (χ3n) is 2.56. The second-order valence-corrected chi connectivity index (χ2v) is 5.17. The van der Waals surface area contributed by atoms with Crippen LogP contribution in [0.4, 0.5) is 19.0 Å². The summed E-state index contributed by atoms with van der Waals surface area (Å²) >= 11 is 2.99. The highest BCUT2D eigenvalue weighted by atomic mass is 79.9. The highest BCUT2D eigenvalue weighted by Crippen LogP contribution is 2.35. The number of aryl methyl sites for hydroxylation is 1. The second-order valence-electron chi connectivity index (χ2n) is 4.25. The van der Waals surface area contributed by atoms with Crippen LogP contribution >= 0.6 is 15.9 Å². The number of hydrogen-bond donors (Lipinski definition) is 1. The first kappa shape index (κ1) is 14.8. The standard InChI is InChI=1S/C12H12BrF3N4/c1-8-5-19-20(7-8)3-2-17-11-10(12(14,15)16)4-9(13)6-18-11/h4-7H,2-3H2,1H3,(H,17,18). The molecule has 0 aromatic carbocycles. The molecular weight excluding hydrogens is 337 g/mol. The Bertz CT molecular complexity index is 595. The third-order valence-corrected chi connectivity index (χ3v) is 2.99. The van der Waals surface area contributed by atoms with Crippen LogP contribution < -0.4 is 5.32 Å². The fraction of sp³-hybridized carbons (Fsp3) is 0.333. The predicted octanol–water partition coefficient (Wildman–Crippen LogP) is 3.48. The summed E-state index contributed by atoms with van der Waals surface area (Å²) in [6.07, 6.45) is 0.400. The minimum Gasteiger partial charge on any atom is -0.368 e. The molecule has 1 N–H and O–H groups in total. The van der Waals surface area contributed by atoms with Crippen molar-refractivity contribution in [1.29, 1.82) is 0 Å². The molecule has 4 nitrogen and oxygen atoms in total. The molecule has 0 aliphatic heterocycles. The first-order valence-corrected chi connectivity index (χ1v) is 6.61. The summed E-state index contributed by atoms with van der Waals surface area (Å²) in [5.41, 5.74) is 0.214. The Hall–Kier alpha value is -1.57. The number of rotatable bonds is 4. The Balaban J connectivity index is 2.06. The van der Waals surface area contributed by atoms with Gasteiger partial charge in [-0.1, -0.05) is 0 Å². The van der Waals surface area contributed by atoms with Crippen LogP contribution in [0.1, 0.15) is 11.1 Å². The summed E-state index contributed by atoms with van der Waals surface area (Å²) < 4.78 is 40.5. The van der Waals surface area contributed by atoms with Gasteiger partial charge >= 0.3 is 6.18 Å². The zero-order valence-corrected chi connectivity index (χ0v) is 12.2. The fourth-order valence-corrected chi connectivity index (χ4v) is 2.01. The van der Waals surface area contributed by atoms with Crippen molar-refractivity contribution in [2.45, 2.75) is 19.6 Å². The second kappa shape index (κ2) is 5.82. The molecule has 0 fully saturated rings. The largest absolute Gasteiger partial charge is 0.419 e. The van der Waals surface area contributed by atoms with Gasteiger partial charge in [-0.2, -0.15) is 18.3 Å². The summed E-state index contributed by atoms with van der Waals surface area (Å²) in [6.45, 7) is 2.66. The van der Waals surface area contributed by atoms with Crippen LogP contribution in [0.25, 0.3) is 0 Å². The first-order chi connectivity index (χ1) is 9.36. The fourth-order valence-electron chi connectivity index (χ4n) is 1.67. The number of anilines is 1. The lowest BCUT2D eigenvalue weighted by Gasteiger charge is -2.13. The van der Waals surface area contributed by atoms with Crippen molar-refractivity contribution in [3.05, 3.63) is 40.3 Å². The Morgan fingerprint density at radius 2 is 2.10 bits per heavy atom. The highest BCUT2D eigenvalue weighted by molar-refractivity contribution is 9.10. The number of pyridine rings is 1. The van der Waals surface area contributed by atoms with E-state index in [1.54, 1.807) is 10.9 Å².